The van der Waals surface area contributed by atoms with Gasteiger partial charge < -0.3 is 10.4 Å². The smallest absolute Gasteiger partial charge is 0.419 e. The molecule has 0 aromatic rings. The van der Waals surface area contributed by atoms with Crippen LogP contribution in [-0.2, 0) is 0 Å². The fourth-order valence-corrected chi connectivity index (χ4v) is 1.34. The Hall–Kier alpha value is -0.810. The van der Waals surface area contributed by atoms with Gasteiger partial charge in [-0.3, -0.25) is 5.43 Å². The van der Waals surface area contributed by atoms with Crippen molar-refractivity contribution in [2.75, 3.05) is 13.1 Å². The minimum Gasteiger partial charge on any atom is -0.464 e. The van der Waals surface area contributed by atoms with Crippen LogP contribution in [0.1, 0.15) is 13.3 Å². The maximum atomic E-state index is 10.2. The van der Waals surface area contributed by atoms with Gasteiger partial charge in [0.15, 0.2) is 0 Å². The summed E-state index contributed by atoms with van der Waals surface area (Å²) in [5, 5.41) is 11.5. The highest BCUT2D eigenvalue weighted by molar-refractivity contribution is 5.63. The fraction of sp³-hybridized carbons (Fsp3) is 0.857. The van der Waals surface area contributed by atoms with E-state index in [1.54, 1.807) is 0 Å². The minimum absolute atomic E-state index is 0.204. The second kappa shape index (κ2) is 4.27. The third-order valence-corrected chi connectivity index (χ3v) is 2.19. The molecule has 70 valence electrons. The molecule has 0 aromatic carbocycles. The second-order valence-electron chi connectivity index (χ2n) is 3.15. The van der Waals surface area contributed by atoms with Gasteiger partial charge in [0.2, 0.25) is 0 Å². The van der Waals surface area contributed by atoms with Gasteiger partial charge in [0.1, 0.15) is 0 Å². The fourth-order valence-electron chi connectivity index (χ4n) is 1.34. The molecule has 5 heteroatoms. The molecule has 5 nitrogen and oxygen atoms in total. The van der Waals surface area contributed by atoms with Crippen molar-refractivity contribution in [2.24, 2.45) is 5.92 Å². The Bertz CT molecular complexity index is 163. The summed E-state index contributed by atoms with van der Waals surface area (Å²) in [7, 11) is 0. The molecule has 0 aliphatic carbocycles. The highest BCUT2D eigenvalue weighted by Gasteiger charge is 2.20. The van der Waals surface area contributed by atoms with Gasteiger partial charge in [-0.15, -0.1) is 0 Å². The van der Waals surface area contributed by atoms with Gasteiger partial charge in [-0.2, -0.15) is 0 Å². The van der Waals surface area contributed by atoms with Gasteiger partial charge in [-0.25, -0.2) is 10.2 Å². The number of nitrogens with one attached hydrogen (secondary N) is 3. The predicted molar refractivity (Wildman–Crippen MR) is 44.7 cm³/mol. The molecule has 0 aromatic heterocycles. The molecule has 12 heavy (non-hydrogen) atoms. The highest BCUT2D eigenvalue weighted by Crippen LogP contribution is 2.09. The third kappa shape index (κ3) is 2.67. The summed E-state index contributed by atoms with van der Waals surface area (Å²) in [5.74, 6) is 0.512. The van der Waals surface area contributed by atoms with Crippen LogP contribution in [0.4, 0.5) is 4.79 Å². The quantitative estimate of drug-likeness (QED) is 0.435. The zero-order chi connectivity index (χ0) is 8.97. The van der Waals surface area contributed by atoms with E-state index in [0.717, 1.165) is 19.5 Å². The van der Waals surface area contributed by atoms with E-state index < -0.39 is 6.09 Å². The number of amides is 1. The number of hydrogen-bond donors (Lipinski definition) is 4. The van der Waals surface area contributed by atoms with Gasteiger partial charge in [0.05, 0.1) is 0 Å². The first-order valence-electron chi connectivity index (χ1n) is 4.15. The molecule has 0 unspecified atom stereocenters. The maximum absolute atomic E-state index is 10.2. The molecule has 0 bridgehead atoms. The lowest BCUT2D eigenvalue weighted by Crippen LogP contribution is -2.54. The van der Waals surface area contributed by atoms with E-state index in [4.69, 9.17) is 5.11 Å². The molecule has 1 aliphatic heterocycles. The lowest BCUT2D eigenvalue weighted by atomic mass is 9.95. The predicted octanol–water partition coefficient (Wildman–Crippen LogP) is -0.243. The van der Waals surface area contributed by atoms with Gasteiger partial charge in [-0.05, 0) is 18.9 Å². The molecule has 1 fully saturated rings. The summed E-state index contributed by atoms with van der Waals surface area (Å²) in [4.78, 5) is 10.2. The van der Waals surface area contributed by atoms with Crippen molar-refractivity contribution in [3.05, 3.63) is 0 Å². The zero-order valence-electron chi connectivity index (χ0n) is 7.13. The van der Waals surface area contributed by atoms with Crippen molar-refractivity contribution in [3.63, 3.8) is 0 Å². The standard InChI is InChI=1S/C7H15N3O2/c1-5-2-3-8-4-6(5)9-10-7(11)12/h5-6,8-10H,2-4H2,1H3,(H,11,12)/t5-,6-/m1/s1. The van der Waals surface area contributed by atoms with Gasteiger partial charge in [0.25, 0.3) is 0 Å². The number of piperidine rings is 1. The van der Waals surface area contributed by atoms with E-state index in [1.807, 2.05) is 0 Å². The third-order valence-electron chi connectivity index (χ3n) is 2.19. The number of carboxylic acid groups (broad SMARTS) is 1. The SMILES string of the molecule is C[C@@H]1CCNC[C@H]1NNC(=O)O. The van der Waals surface area contributed by atoms with Crippen LogP contribution < -0.4 is 16.2 Å². The minimum atomic E-state index is -1.03. The molecule has 0 saturated carbocycles. The summed E-state index contributed by atoms with van der Waals surface area (Å²) in [6.07, 6.45) is 0.0478. The second-order valence-corrected chi connectivity index (χ2v) is 3.15. The van der Waals surface area contributed by atoms with E-state index in [-0.39, 0.29) is 6.04 Å². The Morgan fingerprint density at radius 3 is 3.00 bits per heavy atom. The number of rotatable bonds is 2. The summed E-state index contributed by atoms with van der Waals surface area (Å²) < 4.78 is 0. The summed E-state index contributed by atoms with van der Waals surface area (Å²) >= 11 is 0. The topological polar surface area (TPSA) is 73.4 Å². The first kappa shape index (κ1) is 9.28. The average Bonchev–Trinajstić information content (AvgIpc) is 2.03. The van der Waals surface area contributed by atoms with Gasteiger partial charge in [0, 0.05) is 12.6 Å². The van der Waals surface area contributed by atoms with Crippen LogP contribution in [0.5, 0.6) is 0 Å². The molecule has 1 aliphatic rings. The molecular formula is C7H15N3O2. The molecule has 2 atom stereocenters. The maximum Gasteiger partial charge on any atom is 0.419 e. The Kier molecular flexibility index (Phi) is 3.31. The van der Waals surface area contributed by atoms with Gasteiger partial charge in [-0.1, -0.05) is 6.92 Å². The first-order chi connectivity index (χ1) is 5.70. The van der Waals surface area contributed by atoms with Crippen molar-refractivity contribution in [1.82, 2.24) is 16.2 Å². The number of hydrazine groups is 1. The molecule has 4 N–H and O–H groups in total. The molecule has 1 saturated heterocycles. The van der Waals surface area contributed by atoms with E-state index in [1.165, 1.54) is 0 Å². The van der Waals surface area contributed by atoms with Crippen LogP contribution in [0.25, 0.3) is 0 Å². The van der Waals surface area contributed by atoms with Crippen molar-refractivity contribution in [1.29, 1.82) is 0 Å². The molecule has 1 rings (SSSR count). The summed E-state index contributed by atoms with van der Waals surface area (Å²) in [6, 6.07) is 0.204. The van der Waals surface area contributed by atoms with Crippen LogP contribution in [0.15, 0.2) is 0 Å². The lowest BCUT2D eigenvalue weighted by molar-refractivity contribution is 0.179. The van der Waals surface area contributed by atoms with Crippen molar-refractivity contribution >= 4 is 6.09 Å². The first-order valence-corrected chi connectivity index (χ1v) is 4.15. The number of hydrogen-bond acceptors (Lipinski definition) is 3. The van der Waals surface area contributed by atoms with E-state index >= 15 is 0 Å². The van der Waals surface area contributed by atoms with Crippen molar-refractivity contribution in [2.45, 2.75) is 19.4 Å². The Morgan fingerprint density at radius 2 is 2.42 bits per heavy atom. The van der Waals surface area contributed by atoms with Crippen molar-refractivity contribution in [3.8, 4) is 0 Å². The Morgan fingerprint density at radius 1 is 1.67 bits per heavy atom. The number of carbonyl (C=O) groups is 1. The summed E-state index contributed by atoms with van der Waals surface area (Å²) in [6.45, 7) is 3.95. The van der Waals surface area contributed by atoms with Crippen LogP contribution in [0.3, 0.4) is 0 Å². The molecular weight excluding hydrogens is 158 g/mol. The Balaban J connectivity index is 2.24. The molecule has 1 heterocycles. The monoisotopic (exact) mass is 173 g/mol. The van der Waals surface area contributed by atoms with Crippen molar-refractivity contribution < 1.29 is 9.90 Å². The highest BCUT2D eigenvalue weighted by atomic mass is 16.4. The molecule has 0 radical (unpaired) electrons. The largest absolute Gasteiger partial charge is 0.464 e. The van der Waals surface area contributed by atoms with Crippen LogP contribution in [0, 0.1) is 5.92 Å². The van der Waals surface area contributed by atoms with Crippen LogP contribution >= 0.6 is 0 Å². The van der Waals surface area contributed by atoms with Gasteiger partial charge >= 0.3 is 6.09 Å². The van der Waals surface area contributed by atoms with Crippen LogP contribution in [-0.4, -0.2) is 30.3 Å². The van der Waals surface area contributed by atoms with E-state index in [9.17, 15) is 4.79 Å². The lowest BCUT2D eigenvalue weighted by Gasteiger charge is -2.29. The van der Waals surface area contributed by atoms with Crippen LogP contribution in [0.2, 0.25) is 0 Å². The molecule has 0 spiro atoms. The zero-order valence-corrected chi connectivity index (χ0v) is 7.13. The van der Waals surface area contributed by atoms with E-state index in [2.05, 4.69) is 23.1 Å². The average molecular weight is 173 g/mol. The normalized spacial score (nSPS) is 29.8. The summed E-state index contributed by atoms with van der Waals surface area (Å²) in [5.41, 5.74) is 4.93. The Labute approximate surface area is 71.5 Å². The molecule has 1 amide bonds. The van der Waals surface area contributed by atoms with E-state index in [0.29, 0.717) is 5.92 Å².